The van der Waals surface area contributed by atoms with E-state index < -0.39 is 0 Å². The molecule has 0 aliphatic rings. The van der Waals surface area contributed by atoms with E-state index in [1.54, 1.807) is 18.9 Å². The van der Waals surface area contributed by atoms with Gasteiger partial charge in [0.15, 0.2) is 11.5 Å². The third-order valence-corrected chi connectivity index (χ3v) is 4.61. The predicted octanol–water partition coefficient (Wildman–Crippen LogP) is 2.42. The second kappa shape index (κ2) is 8.07. The van der Waals surface area contributed by atoms with Crippen LogP contribution in [0.4, 0.5) is 0 Å². The van der Waals surface area contributed by atoms with Crippen LogP contribution in [0.2, 0.25) is 0 Å². The number of aryl methyl sites for hydroxylation is 2. The van der Waals surface area contributed by atoms with Crippen LogP contribution in [-0.4, -0.2) is 41.7 Å². The van der Waals surface area contributed by atoms with Gasteiger partial charge < -0.3 is 14.8 Å². The number of hydrogen-bond donors (Lipinski definition) is 1. The fourth-order valence-electron chi connectivity index (χ4n) is 2.91. The molecule has 1 heterocycles. The number of rotatable bonds is 7. The monoisotopic (exact) mass is 368 g/mol. The highest BCUT2D eigenvalue weighted by atomic mass is 16.5. The first-order valence-electron chi connectivity index (χ1n) is 8.80. The van der Waals surface area contributed by atoms with Crippen molar-refractivity contribution in [3.63, 3.8) is 0 Å². The highest BCUT2D eigenvalue weighted by molar-refractivity contribution is 5.80. The number of methoxy groups -OCH3 is 2. The SMILES string of the molecule is COc1ccc(CCNC(=O)Cn2nnc3cc(C)c(C)cc32)cc1OC. The number of hydrogen-bond acceptors (Lipinski definition) is 5. The Labute approximate surface area is 158 Å². The molecule has 0 aliphatic carbocycles. The molecule has 0 saturated carbocycles. The predicted molar refractivity (Wildman–Crippen MR) is 103 cm³/mol. The van der Waals surface area contributed by atoms with Gasteiger partial charge in [-0.15, -0.1) is 5.10 Å². The van der Waals surface area contributed by atoms with E-state index in [0.29, 0.717) is 24.5 Å². The number of benzene rings is 2. The molecule has 0 bridgehead atoms. The van der Waals surface area contributed by atoms with E-state index in [2.05, 4.69) is 15.6 Å². The molecule has 0 atom stereocenters. The normalized spacial score (nSPS) is 10.8. The van der Waals surface area contributed by atoms with Crippen molar-refractivity contribution >= 4 is 16.9 Å². The van der Waals surface area contributed by atoms with E-state index >= 15 is 0 Å². The average molecular weight is 368 g/mol. The smallest absolute Gasteiger partial charge is 0.241 e. The summed E-state index contributed by atoms with van der Waals surface area (Å²) in [6.07, 6.45) is 0.697. The van der Waals surface area contributed by atoms with Gasteiger partial charge in [-0.1, -0.05) is 11.3 Å². The van der Waals surface area contributed by atoms with Gasteiger partial charge in [-0.3, -0.25) is 4.79 Å². The number of aromatic nitrogens is 3. The Kier molecular flexibility index (Phi) is 5.59. The Morgan fingerprint density at radius 3 is 2.56 bits per heavy atom. The molecule has 0 fully saturated rings. The van der Waals surface area contributed by atoms with Crippen molar-refractivity contribution in [3.8, 4) is 11.5 Å². The average Bonchev–Trinajstić information content (AvgIpc) is 3.03. The Morgan fingerprint density at radius 1 is 1.07 bits per heavy atom. The first kappa shape index (κ1) is 18.7. The molecule has 0 radical (unpaired) electrons. The van der Waals surface area contributed by atoms with E-state index in [1.165, 1.54) is 0 Å². The zero-order chi connectivity index (χ0) is 19.4. The molecule has 0 saturated heterocycles. The second-order valence-electron chi connectivity index (χ2n) is 6.46. The number of nitrogens with zero attached hydrogens (tertiary/aromatic N) is 3. The summed E-state index contributed by atoms with van der Waals surface area (Å²) in [4.78, 5) is 12.3. The standard InChI is InChI=1S/C20H24N4O3/c1-13-9-16-17(10-14(13)2)24(23-22-16)12-20(25)21-8-7-15-5-6-18(26-3)19(11-15)27-4/h5-6,9-11H,7-8,12H2,1-4H3,(H,21,25). The van der Waals surface area contributed by atoms with Gasteiger partial charge in [-0.05, 0) is 61.2 Å². The number of nitrogens with one attached hydrogen (secondary N) is 1. The van der Waals surface area contributed by atoms with Crippen molar-refractivity contribution in [2.24, 2.45) is 0 Å². The van der Waals surface area contributed by atoms with Crippen LogP contribution >= 0.6 is 0 Å². The molecule has 1 N–H and O–H groups in total. The maximum atomic E-state index is 12.3. The van der Waals surface area contributed by atoms with Gasteiger partial charge in [0.1, 0.15) is 12.1 Å². The Balaban J connectivity index is 1.58. The van der Waals surface area contributed by atoms with E-state index in [1.807, 2.05) is 44.2 Å². The van der Waals surface area contributed by atoms with Crippen LogP contribution in [0.1, 0.15) is 16.7 Å². The summed E-state index contributed by atoms with van der Waals surface area (Å²) in [6, 6.07) is 9.75. The number of amides is 1. The van der Waals surface area contributed by atoms with Gasteiger partial charge in [0.2, 0.25) is 5.91 Å². The number of fused-ring (bicyclic) bond motifs is 1. The van der Waals surface area contributed by atoms with Gasteiger partial charge in [-0.2, -0.15) is 0 Å². The number of ether oxygens (including phenoxy) is 2. The van der Waals surface area contributed by atoms with Crippen LogP contribution in [-0.2, 0) is 17.8 Å². The Morgan fingerprint density at radius 2 is 1.81 bits per heavy atom. The largest absolute Gasteiger partial charge is 0.493 e. The lowest BCUT2D eigenvalue weighted by Gasteiger charge is -2.10. The van der Waals surface area contributed by atoms with Crippen molar-refractivity contribution in [2.45, 2.75) is 26.8 Å². The third kappa shape index (κ3) is 4.19. The number of carbonyl (C=O) groups excluding carboxylic acids is 1. The zero-order valence-electron chi connectivity index (χ0n) is 16.1. The summed E-state index contributed by atoms with van der Waals surface area (Å²) in [7, 11) is 3.21. The lowest BCUT2D eigenvalue weighted by molar-refractivity contribution is -0.121. The van der Waals surface area contributed by atoms with Crippen molar-refractivity contribution in [2.75, 3.05) is 20.8 Å². The molecular weight excluding hydrogens is 344 g/mol. The van der Waals surface area contributed by atoms with E-state index in [4.69, 9.17) is 9.47 Å². The third-order valence-electron chi connectivity index (χ3n) is 4.61. The van der Waals surface area contributed by atoms with Gasteiger partial charge in [-0.25, -0.2) is 4.68 Å². The molecule has 3 rings (SSSR count). The maximum Gasteiger partial charge on any atom is 0.241 e. The van der Waals surface area contributed by atoms with Crippen LogP contribution in [0.5, 0.6) is 11.5 Å². The molecule has 0 spiro atoms. The zero-order valence-corrected chi connectivity index (χ0v) is 16.1. The Bertz CT molecular complexity index is 965. The summed E-state index contributed by atoms with van der Waals surface area (Å²) in [5, 5.41) is 11.2. The van der Waals surface area contributed by atoms with Gasteiger partial charge in [0.25, 0.3) is 0 Å². The van der Waals surface area contributed by atoms with Crippen LogP contribution in [0.15, 0.2) is 30.3 Å². The van der Waals surface area contributed by atoms with E-state index in [-0.39, 0.29) is 12.5 Å². The summed E-state index contributed by atoms with van der Waals surface area (Å²) < 4.78 is 12.2. The fourth-order valence-corrected chi connectivity index (χ4v) is 2.91. The molecule has 1 amide bonds. The van der Waals surface area contributed by atoms with Crippen LogP contribution in [0, 0.1) is 13.8 Å². The molecule has 2 aromatic carbocycles. The lowest BCUT2D eigenvalue weighted by atomic mass is 10.1. The van der Waals surface area contributed by atoms with Crippen LogP contribution < -0.4 is 14.8 Å². The van der Waals surface area contributed by atoms with Crippen LogP contribution in [0.3, 0.4) is 0 Å². The molecule has 7 nitrogen and oxygen atoms in total. The Hall–Kier alpha value is -3.09. The molecule has 142 valence electrons. The molecule has 3 aromatic rings. The van der Waals surface area contributed by atoms with Gasteiger partial charge in [0, 0.05) is 6.54 Å². The molecule has 7 heteroatoms. The number of carbonyl (C=O) groups is 1. The highest BCUT2D eigenvalue weighted by Crippen LogP contribution is 2.27. The van der Waals surface area contributed by atoms with Gasteiger partial charge >= 0.3 is 0 Å². The quantitative estimate of drug-likeness (QED) is 0.693. The maximum absolute atomic E-state index is 12.3. The first-order valence-corrected chi connectivity index (χ1v) is 8.80. The minimum Gasteiger partial charge on any atom is -0.493 e. The summed E-state index contributed by atoms with van der Waals surface area (Å²) in [6.45, 7) is 4.74. The van der Waals surface area contributed by atoms with Crippen LogP contribution in [0.25, 0.3) is 11.0 Å². The molecule has 27 heavy (non-hydrogen) atoms. The fraction of sp³-hybridized carbons (Fsp3) is 0.350. The van der Waals surface area contributed by atoms with Crippen molar-refractivity contribution in [1.82, 2.24) is 20.3 Å². The second-order valence-corrected chi connectivity index (χ2v) is 6.46. The van der Waals surface area contributed by atoms with E-state index in [0.717, 1.165) is 27.7 Å². The van der Waals surface area contributed by atoms with E-state index in [9.17, 15) is 4.79 Å². The summed E-state index contributed by atoms with van der Waals surface area (Å²) in [5.41, 5.74) is 5.04. The lowest BCUT2D eigenvalue weighted by Crippen LogP contribution is -2.29. The molecule has 1 aromatic heterocycles. The molecular formula is C20H24N4O3. The van der Waals surface area contributed by atoms with Gasteiger partial charge in [0.05, 0.1) is 19.7 Å². The first-order chi connectivity index (χ1) is 13.0. The molecule has 0 unspecified atom stereocenters. The topological polar surface area (TPSA) is 78.3 Å². The van der Waals surface area contributed by atoms with Crippen molar-refractivity contribution in [3.05, 3.63) is 47.0 Å². The minimum atomic E-state index is -0.0968. The summed E-state index contributed by atoms with van der Waals surface area (Å²) >= 11 is 0. The van der Waals surface area contributed by atoms with Crippen molar-refractivity contribution in [1.29, 1.82) is 0 Å². The van der Waals surface area contributed by atoms with Crippen molar-refractivity contribution < 1.29 is 14.3 Å². The summed E-state index contributed by atoms with van der Waals surface area (Å²) in [5.74, 6) is 1.27. The molecule has 0 aliphatic heterocycles. The highest BCUT2D eigenvalue weighted by Gasteiger charge is 2.10. The minimum absolute atomic E-state index is 0.0968.